The average molecular weight is 336 g/mol. The van der Waals surface area contributed by atoms with Crippen LogP contribution in [0.1, 0.15) is 29.9 Å². The van der Waals surface area contributed by atoms with Gasteiger partial charge >= 0.3 is 0 Å². The lowest BCUT2D eigenvalue weighted by atomic mass is 10.0. The van der Waals surface area contributed by atoms with Gasteiger partial charge in [0.15, 0.2) is 11.5 Å². The Morgan fingerprint density at radius 1 is 1.28 bits per heavy atom. The minimum Gasteiger partial charge on any atom is -0.483 e. The number of aromatic nitrogens is 1. The summed E-state index contributed by atoms with van der Waals surface area (Å²) in [5, 5.41) is 2.69. The van der Waals surface area contributed by atoms with Crippen LogP contribution in [0.4, 0.5) is 0 Å². The van der Waals surface area contributed by atoms with Crippen LogP contribution < -0.4 is 14.8 Å². The summed E-state index contributed by atoms with van der Waals surface area (Å²) in [7, 11) is 0. The molecule has 1 aromatic carbocycles. The first-order valence-corrected chi connectivity index (χ1v) is 8.14. The quantitative estimate of drug-likeness (QED) is 0.872. The highest BCUT2D eigenvalue weighted by Crippen LogP contribution is 2.41. The third-order valence-corrected chi connectivity index (χ3v) is 3.71. The smallest absolute Gasteiger partial charge is 0.270 e. The number of pyridine rings is 1. The first-order valence-electron chi connectivity index (χ1n) is 8.14. The molecule has 0 aliphatic carbocycles. The third kappa shape index (κ3) is 4.30. The first-order chi connectivity index (χ1) is 12.1. The maximum atomic E-state index is 11.8. The summed E-state index contributed by atoms with van der Waals surface area (Å²) in [4.78, 5) is 15.8. The van der Waals surface area contributed by atoms with E-state index in [4.69, 9.17) is 9.47 Å². The van der Waals surface area contributed by atoms with E-state index in [0.717, 1.165) is 17.7 Å². The predicted octanol–water partition coefficient (Wildman–Crippen LogP) is 2.61. The Kier molecular flexibility index (Phi) is 4.90. The molecule has 5 nitrogen and oxygen atoms in total. The highest BCUT2D eigenvalue weighted by Gasteiger charge is 2.32. The molecule has 5 heteroatoms. The molecule has 2 aromatic rings. The van der Waals surface area contributed by atoms with E-state index in [1.807, 2.05) is 12.1 Å². The summed E-state index contributed by atoms with van der Waals surface area (Å²) in [6.45, 7) is 4.59. The van der Waals surface area contributed by atoms with Crippen molar-refractivity contribution in [3.63, 3.8) is 0 Å². The molecule has 0 spiro atoms. The molecule has 2 heterocycles. The standard InChI is InChI=1S/C20H20N2O3/c1-20(2)14-15-8-7-10-17(18(15)25-20)24-13-6-5-12-22-19(23)16-9-3-4-11-21-16/h3-4,7-11H,12-14H2,1-2H3,(H,22,23). The number of fused-ring (bicyclic) bond motifs is 1. The Labute approximate surface area is 147 Å². The van der Waals surface area contributed by atoms with Gasteiger partial charge in [0.25, 0.3) is 5.91 Å². The predicted molar refractivity (Wildman–Crippen MR) is 94.7 cm³/mol. The van der Waals surface area contributed by atoms with Gasteiger partial charge < -0.3 is 14.8 Å². The normalized spacial score (nSPS) is 13.8. The summed E-state index contributed by atoms with van der Waals surface area (Å²) in [5.74, 6) is 7.02. The highest BCUT2D eigenvalue weighted by atomic mass is 16.5. The van der Waals surface area contributed by atoms with E-state index in [9.17, 15) is 4.79 Å². The largest absolute Gasteiger partial charge is 0.483 e. The van der Waals surface area contributed by atoms with E-state index in [1.54, 1.807) is 24.4 Å². The number of carbonyl (C=O) groups excluding carboxylic acids is 1. The molecule has 3 rings (SSSR count). The van der Waals surface area contributed by atoms with Crippen LogP contribution in [0.25, 0.3) is 0 Å². The Bertz CT molecular complexity index is 820. The molecule has 0 saturated heterocycles. The molecule has 1 aromatic heterocycles. The molecule has 0 saturated carbocycles. The zero-order valence-electron chi connectivity index (χ0n) is 14.3. The molecule has 0 bridgehead atoms. The molecule has 1 aliphatic heterocycles. The fourth-order valence-electron chi connectivity index (χ4n) is 2.64. The minimum absolute atomic E-state index is 0.205. The van der Waals surface area contributed by atoms with Gasteiger partial charge in [-0.3, -0.25) is 9.78 Å². The van der Waals surface area contributed by atoms with E-state index in [-0.39, 0.29) is 24.7 Å². The Hall–Kier alpha value is -3.00. The second-order valence-electron chi connectivity index (χ2n) is 6.32. The van der Waals surface area contributed by atoms with Crippen LogP contribution in [0, 0.1) is 11.8 Å². The fourth-order valence-corrected chi connectivity index (χ4v) is 2.64. The van der Waals surface area contributed by atoms with Crippen molar-refractivity contribution in [3.8, 4) is 23.3 Å². The molecule has 0 radical (unpaired) electrons. The van der Waals surface area contributed by atoms with Crippen LogP contribution in [0.15, 0.2) is 42.6 Å². The molecule has 0 unspecified atom stereocenters. The SMILES string of the molecule is CC1(C)Cc2cccc(OCC#CCNC(=O)c3ccccn3)c2O1. The lowest BCUT2D eigenvalue weighted by molar-refractivity contribution is 0.0953. The molecular formula is C20H20N2O3. The van der Waals surface area contributed by atoms with Gasteiger partial charge in [0, 0.05) is 18.2 Å². The van der Waals surface area contributed by atoms with Crippen LogP contribution in [-0.2, 0) is 6.42 Å². The summed E-state index contributed by atoms with van der Waals surface area (Å²) in [6.07, 6.45) is 2.45. The van der Waals surface area contributed by atoms with Gasteiger partial charge in [-0.15, -0.1) is 0 Å². The van der Waals surface area contributed by atoms with E-state index in [0.29, 0.717) is 11.4 Å². The number of ether oxygens (including phenoxy) is 2. The Morgan fingerprint density at radius 3 is 2.96 bits per heavy atom. The minimum atomic E-state index is -0.243. The van der Waals surface area contributed by atoms with E-state index in [1.165, 1.54) is 0 Å². The second-order valence-corrected chi connectivity index (χ2v) is 6.32. The van der Waals surface area contributed by atoms with Gasteiger partial charge in [0.1, 0.15) is 17.9 Å². The number of hydrogen-bond donors (Lipinski definition) is 1. The Balaban J connectivity index is 1.48. The summed E-state index contributed by atoms with van der Waals surface area (Å²) in [5.41, 5.74) is 1.32. The van der Waals surface area contributed by atoms with Gasteiger partial charge in [0.2, 0.25) is 0 Å². The summed E-state index contributed by atoms with van der Waals surface area (Å²) >= 11 is 0. The van der Waals surface area contributed by atoms with Crippen LogP contribution in [-0.4, -0.2) is 29.6 Å². The topological polar surface area (TPSA) is 60.5 Å². The van der Waals surface area contributed by atoms with E-state index in [2.05, 4.69) is 42.1 Å². The number of nitrogens with one attached hydrogen (secondary N) is 1. The summed E-state index contributed by atoms with van der Waals surface area (Å²) < 4.78 is 11.7. The van der Waals surface area contributed by atoms with Crippen molar-refractivity contribution in [2.45, 2.75) is 25.9 Å². The molecular weight excluding hydrogens is 316 g/mol. The van der Waals surface area contributed by atoms with Crippen molar-refractivity contribution < 1.29 is 14.3 Å². The molecule has 0 atom stereocenters. The van der Waals surface area contributed by atoms with Gasteiger partial charge in [-0.05, 0) is 32.0 Å². The van der Waals surface area contributed by atoms with Crippen molar-refractivity contribution in [2.75, 3.05) is 13.2 Å². The van der Waals surface area contributed by atoms with Gasteiger partial charge in [0.05, 0.1) is 6.54 Å². The molecule has 1 N–H and O–H groups in total. The van der Waals surface area contributed by atoms with Crippen LogP contribution in [0.2, 0.25) is 0 Å². The first kappa shape index (κ1) is 16.8. The van der Waals surface area contributed by atoms with Crippen molar-refractivity contribution in [3.05, 3.63) is 53.9 Å². The van der Waals surface area contributed by atoms with E-state index < -0.39 is 0 Å². The average Bonchev–Trinajstić information content (AvgIpc) is 2.93. The number of nitrogens with zero attached hydrogens (tertiary/aromatic N) is 1. The number of amides is 1. The van der Waals surface area contributed by atoms with E-state index >= 15 is 0 Å². The van der Waals surface area contributed by atoms with Crippen molar-refractivity contribution in [1.82, 2.24) is 10.3 Å². The molecule has 25 heavy (non-hydrogen) atoms. The number of benzene rings is 1. The van der Waals surface area contributed by atoms with Crippen LogP contribution in [0.3, 0.4) is 0 Å². The summed E-state index contributed by atoms with van der Waals surface area (Å²) in [6, 6.07) is 11.1. The molecule has 128 valence electrons. The monoisotopic (exact) mass is 336 g/mol. The zero-order valence-corrected chi connectivity index (χ0v) is 14.3. The number of carbonyl (C=O) groups is 1. The van der Waals surface area contributed by atoms with Gasteiger partial charge in [-0.1, -0.05) is 30.0 Å². The van der Waals surface area contributed by atoms with Crippen LogP contribution >= 0.6 is 0 Å². The number of rotatable bonds is 4. The van der Waals surface area contributed by atoms with Crippen molar-refractivity contribution in [2.24, 2.45) is 0 Å². The molecule has 1 amide bonds. The molecule has 0 fully saturated rings. The molecule has 1 aliphatic rings. The highest BCUT2D eigenvalue weighted by molar-refractivity contribution is 5.92. The third-order valence-electron chi connectivity index (χ3n) is 3.71. The lowest BCUT2D eigenvalue weighted by Gasteiger charge is -2.17. The second kappa shape index (κ2) is 7.27. The number of hydrogen-bond acceptors (Lipinski definition) is 4. The van der Waals surface area contributed by atoms with Crippen molar-refractivity contribution >= 4 is 5.91 Å². The van der Waals surface area contributed by atoms with Crippen molar-refractivity contribution in [1.29, 1.82) is 0 Å². The number of para-hydroxylation sites is 1. The van der Waals surface area contributed by atoms with Gasteiger partial charge in [-0.2, -0.15) is 0 Å². The lowest BCUT2D eigenvalue weighted by Crippen LogP contribution is -2.24. The Morgan fingerprint density at radius 2 is 2.16 bits per heavy atom. The maximum Gasteiger partial charge on any atom is 0.270 e. The van der Waals surface area contributed by atoms with Gasteiger partial charge in [-0.25, -0.2) is 0 Å². The zero-order chi connectivity index (χ0) is 17.7. The van der Waals surface area contributed by atoms with Crippen LogP contribution in [0.5, 0.6) is 11.5 Å². The fraction of sp³-hybridized carbons (Fsp3) is 0.300. The maximum absolute atomic E-state index is 11.8.